The molecule has 1 aliphatic carbocycles. The van der Waals surface area contributed by atoms with Crippen LogP contribution in [0, 0.1) is 16.0 Å². The van der Waals surface area contributed by atoms with Crippen molar-refractivity contribution in [3.8, 4) is 11.4 Å². The van der Waals surface area contributed by atoms with Crippen LogP contribution in [0.4, 0.5) is 5.69 Å². The Hall–Kier alpha value is -3.55. The zero-order chi connectivity index (χ0) is 21.8. The Morgan fingerprint density at radius 2 is 1.90 bits per heavy atom. The predicted octanol–water partition coefficient (Wildman–Crippen LogP) is 4.58. The van der Waals surface area contributed by atoms with Crippen molar-refractivity contribution in [3.63, 3.8) is 0 Å². The molecule has 1 aliphatic rings. The Morgan fingerprint density at radius 1 is 1.19 bits per heavy atom. The lowest BCUT2D eigenvalue weighted by molar-refractivity contribution is -0.384. The summed E-state index contributed by atoms with van der Waals surface area (Å²) in [6, 6.07) is 15.9. The number of benzene rings is 2. The molecule has 0 aliphatic heterocycles. The second-order valence-corrected chi connectivity index (χ2v) is 7.81. The van der Waals surface area contributed by atoms with E-state index in [0.717, 1.165) is 24.8 Å². The van der Waals surface area contributed by atoms with Crippen LogP contribution in [0.2, 0.25) is 0 Å². The summed E-state index contributed by atoms with van der Waals surface area (Å²) in [5, 5.41) is 14.8. The first-order chi connectivity index (χ1) is 15.0. The Labute approximate surface area is 180 Å². The number of nitro benzene ring substituents is 1. The zero-order valence-electron chi connectivity index (χ0n) is 17.3. The van der Waals surface area contributed by atoms with Gasteiger partial charge in [0.15, 0.2) is 0 Å². The number of carbonyl (C=O) groups is 1. The summed E-state index contributed by atoms with van der Waals surface area (Å²) in [4.78, 5) is 29.8. The molecule has 0 saturated heterocycles. The smallest absolute Gasteiger partial charge is 0.269 e. The number of nitro groups is 1. The molecule has 0 N–H and O–H groups in total. The number of rotatable bonds is 8. The summed E-state index contributed by atoms with van der Waals surface area (Å²) in [7, 11) is 0. The molecule has 1 aromatic heterocycles. The van der Waals surface area contributed by atoms with Crippen molar-refractivity contribution in [1.82, 2.24) is 15.0 Å². The topological polar surface area (TPSA) is 102 Å². The first-order valence-electron chi connectivity index (χ1n) is 10.5. The lowest BCUT2D eigenvalue weighted by Gasteiger charge is -2.35. The van der Waals surface area contributed by atoms with Crippen LogP contribution < -0.4 is 0 Å². The van der Waals surface area contributed by atoms with E-state index in [0.29, 0.717) is 30.2 Å². The Bertz CT molecular complexity index is 1040. The third-order valence-corrected chi connectivity index (χ3v) is 5.86. The van der Waals surface area contributed by atoms with Crippen LogP contribution in [0.3, 0.4) is 0 Å². The van der Waals surface area contributed by atoms with Gasteiger partial charge in [-0.05, 0) is 37.5 Å². The first kappa shape index (κ1) is 20.7. The van der Waals surface area contributed by atoms with Crippen molar-refractivity contribution in [2.75, 3.05) is 6.54 Å². The number of aromatic nitrogens is 2. The monoisotopic (exact) mass is 420 g/mol. The average Bonchev–Trinajstić information content (AvgIpc) is 3.22. The van der Waals surface area contributed by atoms with Gasteiger partial charge >= 0.3 is 0 Å². The highest BCUT2D eigenvalue weighted by Crippen LogP contribution is 2.32. The Balaban J connectivity index is 1.47. The molecule has 31 heavy (non-hydrogen) atoms. The van der Waals surface area contributed by atoms with Crippen LogP contribution in [0.15, 0.2) is 59.1 Å². The molecule has 0 spiro atoms. The normalized spacial score (nSPS) is 14.6. The summed E-state index contributed by atoms with van der Waals surface area (Å²) in [5.74, 6) is 1.08. The van der Waals surface area contributed by atoms with Crippen molar-refractivity contribution in [3.05, 3.63) is 76.2 Å². The third kappa shape index (κ3) is 4.63. The minimum Gasteiger partial charge on any atom is -0.339 e. The highest BCUT2D eigenvalue weighted by Gasteiger charge is 2.32. The molecular formula is C23H24N4O4. The van der Waals surface area contributed by atoms with E-state index in [9.17, 15) is 14.9 Å². The maximum Gasteiger partial charge on any atom is 0.269 e. The summed E-state index contributed by atoms with van der Waals surface area (Å²) in [5.41, 5.74) is 1.74. The molecule has 8 nitrogen and oxygen atoms in total. The molecule has 8 heteroatoms. The number of amides is 1. The quantitative estimate of drug-likeness (QED) is 0.390. The summed E-state index contributed by atoms with van der Waals surface area (Å²) >= 11 is 0. The van der Waals surface area contributed by atoms with Crippen molar-refractivity contribution in [2.24, 2.45) is 5.92 Å². The van der Waals surface area contributed by atoms with Gasteiger partial charge in [-0.3, -0.25) is 14.9 Å². The minimum absolute atomic E-state index is 0.00696. The SMILES string of the molecule is C[C@H](c1ccccc1)N(CCc1nc(-c2ccc([N+](=O)[O-])cc2)no1)C(=O)C1CCC1. The maximum atomic E-state index is 13.1. The molecule has 1 atom stereocenters. The average molecular weight is 420 g/mol. The second kappa shape index (κ2) is 9.07. The van der Waals surface area contributed by atoms with Crippen molar-refractivity contribution in [1.29, 1.82) is 0 Å². The van der Waals surface area contributed by atoms with Crippen LogP contribution >= 0.6 is 0 Å². The number of hydrogen-bond donors (Lipinski definition) is 0. The molecule has 1 amide bonds. The summed E-state index contributed by atoms with van der Waals surface area (Å²) in [6.07, 6.45) is 3.44. The van der Waals surface area contributed by atoms with E-state index in [2.05, 4.69) is 10.1 Å². The van der Waals surface area contributed by atoms with E-state index in [1.54, 1.807) is 12.1 Å². The fourth-order valence-corrected chi connectivity index (χ4v) is 3.72. The third-order valence-electron chi connectivity index (χ3n) is 5.86. The van der Waals surface area contributed by atoms with Gasteiger partial charge in [-0.25, -0.2) is 0 Å². The van der Waals surface area contributed by atoms with Gasteiger partial charge in [0.25, 0.3) is 5.69 Å². The van der Waals surface area contributed by atoms with Gasteiger partial charge in [0, 0.05) is 36.6 Å². The van der Waals surface area contributed by atoms with Crippen LogP contribution in [-0.2, 0) is 11.2 Å². The molecule has 2 aromatic carbocycles. The molecule has 1 fully saturated rings. The molecule has 0 unspecified atom stereocenters. The zero-order valence-corrected chi connectivity index (χ0v) is 17.3. The maximum absolute atomic E-state index is 13.1. The van der Waals surface area contributed by atoms with E-state index < -0.39 is 4.92 Å². The van der Waals surface area contributed by atoms with Crippen LogP contribution in [0.25, 0.3) is 11.4 Å². The molecule has 3 aromatic rings. The first-order valence-corrected chi connectivity index (χ1v) is 10.5. The second-order valence-electron chi connectivity index (χ2n) is 7.81. The van der Waals surface area contributed by atoms with Gasteiger partial charge in [0.2, 0.25) is 17.6 Å². The van der Waals surface area contributed by atoms with Crippen molar-refractivity contribution in [2.45, 2.75) is 38.6 Å². The predicted molar refractivity (Wildman–Crippen MR) is 114 cm³/mol. The van der Waals surface area contributed by atoms with E-state index in [1.165, 1.54) is 12.1 Å². The van der Waals surface area contributed by atoms with E-state index in [1.807, 2.05) is 42.2 Å². The highest BCUT2D eigenvalue weighted by atomic mass is 16.6. The molecule has 1 heterocycles. The molecular weight excluding hydrogens is 396 g/mol. The van der Waals surface area contributed by atoms with E-state index in [-0.39, 0.29) is 23.6 Å². The highest BCUT2D eigenvalue weighted by molar-refractivity contribution is 5.80. The number of carbonyl (C=O) groups excluding carboxylic acids is 1. The summed E-state index contributed by atoms with van der Waals surface area (Å²) < 4.78 is 5.38. The molecule has 0 bridgehead atoms. The Morgan fingerprint density at radius 3 is 2.52 bits per heavy atom. The molecule has 0 radical (unpaired) electrons. The largest absolute Gasteiger partial charge is 0.339 e. The minimum atomic E-state index is -0.451. The lowest BCUT2D eigenvalue weighted by atomic mass is 9.84. The standard InChI is InChI=1S/C23H24N4O4/c1-16(17-6-3-2-4-7-17)26(23(28)19-8-5-9-19)15-14-21-24-22(25-31-21)18-10-12-20(13-11-18)27(29)30/h2-4,6-7,10-13,16,19H,5,8-9,14-15H2,1H3/t16-/m1/s1. The van der Waals surface area contributed by atoms with Gasteiger partial charge < -0.3 is 9.42 Å². The van der Waals surface area contributed by atoms with Crippen molar-refractivity contribution >= 4 is 11.6 Å². The van der Waals surface area contributed by atoms with Gasteiger partial charge in [-0.15, -0.1) is 0 Å². The van der Waals surface area contributed by atoms with Gasteiger partial charge in [0.05, 0.1) is 11.0 Å². The lowest BCUT2D eigenvalue weighted by Crippen LogP contribution is -2.41. The van der Waals surface area contributed by atoms with E-state index in [4.69, 9.17) is 4.52 Å². The number of nitrogens with zero attached hydrogens (tertiary/aromatic N) is 4. The van der Waals surface area contributed by atoms with Crippen LogP contribution in [0.1, 0.15) is 43.7 Å². The van der Waals surface area contributed by atoms with Gasteiger partial charge in [-0.1, -0.05) is 41.9 Å². The summed E-state index contributed by atoms with van der Waals surface area (Å²) in [6.45, 7) is 2.52. The number of non-ortho nitro benzene ring substituents is 1. The molecule has 160 valence electrons. The van der Waals surface area contributed by atoms with Crippen molar-refractivity contribution < 1.29 is 14.2 Å². The molecule has 1 saturated carbocycles. The van der Waals surface area contributed by atoms with Crippen LogP contribution in [-0.4, -0.2) is 32.4 Å². The van der Waals surface area contributed by atoms with E-state index >= 15 is 0 Å². The Kier molecular flexibility index (Phi) is 6.06. The molecule has 4 rings (SSSR count). The number of hydrogen-bond acceptors (Lipinski definition) is 6. The fraction of sp³-hybridized carbons (Fsp3) is 0.348. The van der Waals surface area contributed by atoms with Gasteiger partial charge in [-0.2, -0.15) is 4.98 Å². The fourth-order valence-electron chi connectivity index (χ4n) is 3.72. The van der Waals surface area contributed by atoms with Gasteiger partial charge in [0.1, 0.15) is 0 Å². The van der Waals surface area contributed by atoms with Crippen LogP contribution in [0.5, 0.6) is 0 Å².